The summed E-state index contributed by atoms with van der Waals surface area (Å²) in [5.41, 5.74) is 1.39. The van der Waals surface area contributed by atoms with Crippen LogP contribution in [0.15, 0.2) is 18.7 Å². The van der Waals surface area contributed by atoms with Gasteiger partial charge in [0.15, 0.2) is 11.2 Å². The minimum absolute atomic E-state index is 0.0612. The van der Waals surface area contributed by atoms with Crippen LogP contribution in [0.3, 0.4) is 0 Å². The molecule has 2 aromatic rings. The zero-order valence-electron chi connectivity index (χ0n) is 9.64. The van der Waals surface area contributed by atoms with Gasteiger partial charge in [0.25, 0.3) is 0 Å². The second-order valence-electron chi connectivity index (χ2n) is 3.83. The van der Waals surface area contributed by atoms with Crippen LogP contribution in [0.4, 0.5) is 0 Å². The number of nitrogens with two attached hydrogens (primary N) is 1. The minimum Gasteiger partial charge on any atom is -0.485 e. The highest BCUT2D eigenvalue weighted by atomic mass is 16.5. The number of hydrogen-bond donors (Lipinski definition) is 3. The van der Waals surface area contributed by atoms with Crippen LogP contribution in [0.2, 0.25) is 0 Å². The van der Waals surface area contributed by atoms with Gasteiger partial charge in [-0.1, -0.05) is 0 Å². The Morgan fingerprint density at radius 3 is 2.88 bits per heavy atom. The third-order valence-electron chi connectivity index (χ3n) is 2.12. The van der Waals surface area contributed by atoms with E-state index in [0.717, 1.165) is 10.2 Å². The van der Waals surface area contributed by atoms with Crippen LogP contribution >= 0.6 is 0 Å². The highest BCUT2D eigenvalue weighted by Gasteiger charge is 2.14. The number of H-pyrrole nitrogens is 1. The Labute approximate surface area is 97.7 Å². The molecule has 0 aliphatic heterocycles. The predicted octanol–water partition coefficient (Wildman–Crippen LogP) is 0.254. The third kappa shape index (κ3) is 2.12. The maximum atomic E-state index is 7.87. The van der Waals surface area contributed by atoms with Crippen molar-refractivity contribution in [2.45, 2.75) is 20.0 Å². The summed E-state index contributed by atoms with van der Waals surface area (Å²) in [5, 5.41) is 14.4. The van der Waals surface area contributed by atoms with Crippen LogP contribution in [0, 0.1) is 5.41 Å². The Morgan fingerprint density at radius 2 is 2.29 bits per heavy atom. The lowest BCUT2D eigenvalue weighted by molar-refractivity contribution is 0.236. The molecule has 0 bridgehead atoms. The van der Waals surface area contributed by atoms with Crippen molar-refractivity contribution in [1.82, 2.24) is 19.9 Å². The first-order valence-corrected chi connectivity index (χ1v) is 5.16. The molecule has 2 aromatic heterocycles. The van der Waals surface area contributed by atoms with Crippen molar-refractivity contribution in [2.24, 2.45) is 0 Å². The molecular weight excluding hydrogens is 220 g/mol. The van der Waals surface area contributed by atoms with E-state index in [9.17, 15) is 0 Å². The summed E-state index contributed by atoms with van der Waals surface area (Å²) >= 11 is 0. The van der Waals surface area contributed by atoms with Gasteiger partial charge in [-0.25, -0.2) is 9.66 Å². The fraction of sp³-hybridized carbons (Fsp3) is 0.300. The van der Waals surface area contributed by atoms with E-state index in [0.29, 0.717) is 11.4 Å². The topological polar surface area (TPSA) is 106 Å². The van der Waals surface area contributed by atoms with Gasteiger partial charge in [0, 0.05) is 11.8 Å². The van der Waals surface area contributed by atoms with Crippen LogP contribution < -0.4 is 16.1 Å². The largest absolute Gasteiger partial charge is 0.485 e. The van der Waals surface area contributed by atoms with Gasteiger partial charge >= 0.3 is 0 Å². The third-order valence-corrected chi connectivity index (χ3v) is 2.12. The number of aromatic nitrogens is 4. The number of nitrogens with zero attached hydrogens (tertiary/aromatic N) is 3. The quantitative estimate of drug-likeness (QED) is 0.662. The zero-order chi connectivity index (χ0) is 12.4. The van der Waals surface area contributed by atoms with E-state index in [4.69, 9.17) is 16.0 Å². The molecule has 0 unspecified atom stereocenters. The Bertz CT molecular complexity index is 557. The normalized spacial score (nSPS) is 10.8. The van der Waals surface area contributed by atoms with Gasteiger partial charge in [0.05, 0.1) is 12.3 Å². The number of ether oxygens (including phenoxy) is 1. The number of aromatic amines is 1. The number of nitrogens with one attached hydrogen (secondary N) is 2. The van der Waals surface area contributed by atoms with Crippen molar-refractivity contribution in [1.29, 1.82) is 5.41 Å². The van der Waals surface area contributed by atoms with Crippen molar-refractivity contribution in [2.75, 3.05) is 5.84 Å². The van der Waals surface area contributed by atoms with E-state index in [1.54, 1.807) is 12.4 Å². The molecule has 0 spiro atoms. The standard InChI is InChI=1S/C10H14N6O/c1-6(2)17-9-8(7-3-14-15-4-7)13-5-16(12)10(9)11/h3-6,11H,12H2,1-2H3,(H,14,15). The fourth-order valence-corrected chi connectivity index (χ4v) is 1.40. The second-order valence-corrected chi connectivity index (χ2v) is 3.83. The second kappa shape index (κ2) is 4.28. The molecule has 7 heteroatoms. The van der Waals surface area contributed by atoms with E-state index in [1.807, 2.05) is 13.8 Å². The van der Waals surface area contributed by atoms with Crippen LogP contribution in [-0.2, 0) is 0 Å². The van der Waals surface area contributed by atoms with Crippen molar-refractivity contribution in [3.8, 4) is 17.0 Å². The van der Waals surface area contributed by atoms with Crippen LogP contribution in [0.25, 0.3) is 11.3 Å². The van der Waals surface area contributed by atoms with Crippen LogP contribution in [0.1, 0.15) is 13.8 Å². The first kappa shape index (κ1) is 11.2. The van der Waals surface area contributed by atoms with Crippen molar-refractivity contribution < 1.29 is 4.74 Å². The highest BCUT2D eigenvalue weighted by Crippen LogP contribution is 2.23. The molecule has 0 fully saturated rings. The molecule has 2 rings (SSSR count). The number of nitrogen functional groups attached to an aromatic ring is 1. The van der Waals surface area contributed by atoms with Gasteiger partial charge in [-0.2, -0.15) is 5.10 Å². The SMILES string of the molecule is CC(C)Oc1c(-c2cn[nH]c2)ncn(N)c1=N. The lowest BCUT2D eigenvalue weighted by Crippen LogP contribution is -2.30. The van der Waals surface area contributed by atoms with Crippen LogP contribution in [-0.4, -0.2) is 26.0 Å². The van der Waals surface area contributed by atoms with Gasteiger partial charge in [-0.3, -0.25) is 10.5 Å². The molecule has 0 atom stereocenters. The molecule has 0 aromatic carbocycles. The first-order chi connectivity index (χ1) is 8.09. The fourth-order valence-electron chi connectivity index (χ4n) is 1.40. The molecule has 0 radical (unpaired) electrons. The molecule has 4 N–H and O–H groups in total. The average Bonchev–Trinajstić information content (AvgIpc) is 2.78. The lowest BCUT2D eigenvalue weighted by Gasteiger charge is -2.13. The summed E-state index contributed by atoms with van der Waals surface area (Å²) in [6, 6.07) is 0. The smallest absolute Gasteiger partial charge is 0.190 e. The number of rotatable bonds is 3. The molecule has 2 heterocycles. The summed E-state index contributed by atoms with van der Waals surface area (Å²) in [6.45, 7) is 3.76. The monoisotopic (exact) mass is 234 g/mol. The first-order valence-electron chi connectivity index (χ1n) is 5.16. The molecule has 0 aliphatic rings. The van der Waals surface area contributed by atoms with Gasteiger partial charge in [0.2, 0.25) is 0 Å². The maximum absolute atomic E-state index is 7.87. The Hall–Kier alpha value is -2.31. The Balaban J connectivity index is 2.59. The molecule has 0 aliphatic carbocycles. The van der Waals surface area contributed by atoms with E-state index in [1.165, 1.54) is 6.33 Å². The summed E-state index contributed by atoms with van der Waals surface area (Å²) in [7, 11) is 0. The van der Waals surface area contributed by atoms with Gasteiger partial charge < -0.3 is 10.6 Å². The summed E-state index contributed by atoms with van der Waals surface area (Å²) in [4.78, 5) is 4.17. The Morgan fingerprint density at radius 1 is 1.53 bits per heavy atom. The lowest BCUT2D eigenvalue weighted by atomic mass is 10.2. The van der Waals surface area contributed by atoms with Gasteiger partial charge in [-0.05, 0) is 13.8 Å². The summed E-state index contributed by atoms with van der Waals surface area (Å²) in [6.07, 6.45) is 4.62. The highest BCUT2D eigenvalue weighted by molar-refractivity contribution is 5.63. The summed E-state index contributed by atoms with van der Waals surface area (Å²) in [5.74, 6) is 5.94. The van der Waals surface area contributed by atoms with Gasteiger partial charge in [-0.15, -0.1) is 0 Å². The van der Waals surface area contributed by atoms with E-state index >= 15 is 0 Å². The molecule has 90 valence electrons. The zero-order valence-corrected chi connectivity index (χ0v) is 9.64. The molecule has 0 saturated carbocycles. The molecule has 7 nitrogen and oxygen atoms in total. The van der Waals surface area contributed by atoms with Crippen molar-refractivity contribution >= 4 is 0 Å². The van der Waals surface area contributed by atoms with Crippen molar-refractivity contribution in [3.05, 3.63) is 24.2 Å². The minimum atomic E-state index is -0.0612. The summed E-state index contributed by atoms with van der Waals surface area (Å²) < 4.78 is 6.70. The maximum Gasteiger partial charge on any atom is 0.190 e. The van der Waals surface area contributed by atoms with Crippen LogP contribution in [0.5, 0.6) is 5.75 Å². The average molecular weight is 234 g/mol. The molecular formula is C10H14N6O. The molecule has 0 saturated heterocycles. The predicted molar refractivity (Wildman–Crippen MR) is 61.6 cm³/mol. The Kier molecular flexibility index (Phi) is 2.82. The van der Waals surface area contributed by atoms with Crippen molar-refractivity contribution in [3.63, 3.8) is 0 Å². The molecule has 17 heavy (non-hydrogen) atoms. The van der Waals surface area contributed by atoms with E-state index < -0.39 is 0 Å². The molecule has 0 amide bonds. The van der Waals surface area contributed by atoms with E-state index in [2.05, 4.69) is 15.2 Å². The number of hydrogen-bond acceptors (Lipinski definition) is 5. The van der Waals surface area contributed by atoms with E-state index in [-0.39, 0.29) is 11.6 Å². The van der Waals surface area contributed by atoms with Gasteiger partial charge in [0.1, 0.15) is 12.0 Å².